The van der Waals surface area contributed by atoms with Crippen LogP contribution >= 0.6 is 0 Å². The van der Waals surface area contributed by atoms with Crippen LogP contribution in [0.1, 0.15) is 23.5 Å². The SMILES string of the molecule is O=C1NCCN[C@@H]1C(CCc1c[nH]c2ccccc12)c1ccccc1O. The van der Waals surface area contributed by atoms with Crippen molar-refractivity contribution in [1.29, 1.82) is 0 Å². The summed E-state index contributed by atoms with van der Waals surface area (Å²) in [5.74, 6) is 0.158. The Labute approximate surface area is 152 Å². The molecule has 3 aromatic rings. The van der Waals surface area contributed by atoms with E-state index in [1.165, 1.54) is 10.9 Å². The molecular formula is C21H23N3O2. The summed E-state index contributed by atoms with van der Waals surface area (Å²) in [5.41, 5.74) is 3.18. The molecule has 1 aliphatic heterocycles. The Morgan fingerprint density at radius 3 is 2.73 bits per heavy atom. The maximum absolute atomic E-state index is 12.4. The number of para-hydroxylation sites is 2. The third-order valence-electron chi connectivity index (χ3n) is 5.21. The van der Waals surface area contributed by atoms with Crippen molar-refractivity contribution in [1.82, 2.24) is 15.6 Å². The molecule has 2 heterocycles. The van der Waals surface area contributed by atoms with Gasteiger partial charge in [-0.25, -0.2) is 0 Å². The predicted molar refractivity (Wildman–Crippen MR) is 102 cm³/mol. The van der Waals surface area contributed by atoms with Crippen LogP contribution in [0.15, 0.2) is 54.7 Å². The lowest BCUT2D eigenvalue weighted by Gasteiger charge is -2.31. The molecule has 2 atom stereocenters. The van der Waals surface area contributed by atoms with Crippen LogP contribution in [-0.4, -0.2) is 35.1 Å². The molecule has 5 heteroatoms. The highest BCUT2D eigenvalue weighted by Gasteiger charge is 2.32. The van der Waals surface area contributed by atoms with Gasteiger partial charge in [0.2, 0.25) is 5.91 Å². The average Bonchev–Trinajstić information content (AvgIpc) is 3.08. The van der Waals surface area contributed by atoms with E-state index in [1.807, 2.05) is 36.5 Å². The Kier molecular flexibility index (Phi) is 4.63. The van der Waals surface area contributed by atoms with E-state index in [4.69, 9.17) is 0 Å². The predicted octanol–water partition coefficient (Wildman–Crippen LogP) is 2.68. The van der Waals surface area contributed by atoms with Gasteiger partial charge in [-0.1, -0.05) is 36.4 Å². The van der Waals surface area contributed by atoms with Gasteiger partial charge in [0.1, 0.15) is 5.75 Å². The molecule has 1 amide bonds. The molecule has 1 aliphatic rings. The molecule has 0 radical (unpaired) electrons. The van der Waals surface area contributed by atoms with E-state index in [9.17, 15) is 9.90 Å². The molecule has 4 N–H and O–H groups in total. The van der Waals surface area contributed by atoms with E-state index in [2.05, 4.69) is 27.8 Å². The summed E-state index contributed by atoms with van der Waals surface area (Å²) in [6.45, 7) is 1.39. The lowest BCUT2D eigenvalue weighted by atomic mass is 9.84. The lowest BCUT2D eigenvalue weighted by Crippen LogP contribution is -2.55. The highest BCUT2D eigenvalue weighted by atomic mass is 16.3. The Balaban J connectivity index is 1.62. The van der Waals surface area contributed by atoms with Crippen molar-refractivity contribution in [2.45, 2.75) is 24.8 Å². The number of amides is 1. The van der Waals surface area contributed by atoms with Gasteiger partial charge in [-0.15, -0.1) is 0 Å². The van der Waals surface area contributed by atoms with Crippen molar-refractivity contribution in [3.63, 3.8) is 0 Å². The van der Waals surface area contributed by atoms with Crippen molar-refractivity contribution in [2.24, 2.45) is 0 Å². The number of piperazine rings is 1. The Bertz CT molecular complexity index is 918. The third-order valence-corrected chi connectivity index (χ3v) is 5.21. The highest BCUT2D eigenvalue weighted by molar-refractivity contribution is 5.84. The van der Waals surface area contributed by atoms with E-state index in [-0.39, 0.29) is 23.6 Å². The first kappa shape index (κ1) is 16.7. The molecule has 0 aliphatic carbocycles. The molecule has 5 nitrogen and oxygen atoms in total. The number of carbonyl (C=O) groups excluding carboxylic acids is 1. The zero-order chi connectivity index (χ0) is 17.9. The van der Waals surface area contributed by atoms with Gasteiger partial charge in [-0.3, -0.25) is 4.79 Å². The van der Waals surface area contributed by atoms with Gasteiger partial charge in [-0.05, 0) is 36.1 Å². The largest absolute Gasteiger partial charge is 0.508 e. The lowest BCUT2D eigenvalue weighted by molar-refractivity contribution is -0.124. The van der Waals surface area contributed by atoms with Gasteiger partial charge in [0, 0.05) is 36.1 Å². The number of H-pyrrole nitrogens is 1. The summed E-state index contributed by atoms with van der Waals surface area (Å²) < 4.78 is 0. The molecule has 1 fully saturated rings. The number of fused-ring (bicyclic) bond motifs is 1. The van der Waals surface area contributed by atoms with Crippen molar-refractivity contribution < 1.29 is 9.90 Å². The molecule has 2 aromatic carbocycles. The quantitative estimate of drug-likeness (QED) is 0.572. The first-order valence-electron chi connectivity index (χ1n) is 9.08. The zero-order valence-electron chi connectivity index (χ0n) is 14.5. The molecule has 4 rings (SSSR count). The molecule has 0 saturated carbocycles. The van der Waals surface area contributed by atoms with E-state index >= 15 is 0 Å². The van der Waals surface area contributed by atoms with Crippen LogP contribution in [0.4, 0.5) is 0 Å². The zero-order valence-corrected chi connectivity index (χ0v) is 14.5. The molecule has 134 valence electrons. The minimum atomic E-state index is -0.331. The normalized spacial score (nSPS) is 18.6. The molecule has 26 heavy (non-hydrogen) atoms. The number of hydrogen-bond acceptors (Lipinski definition) is 3. The summed E-state index contributed by atoms with van der Waals surface area (Å²) >= 11 is 0. The Morgan fingerprint density at radius 1 is 1.08 bits per heavy atom. The van der Waals surface area contributed by atoms with Crippen LogP contribution < -0.4 is 10.6 Å². The van der Waals surface area contributed by atoms with Crippen LogP contribution in [0.5, 0.6) is 5.75 Å². The maximum atomic E-state index is 12.4. The minimum absolute atomic E-state index is 0.00318. The smallest absolute Gasteiger partial charge is 0.237 e. The summed E-state index contributed by atoms with van der Waals surface area (Å²) in [4.78, 5) is 15.7. The van der Waals surface area contributed by atoms with Crippen LogP contribution in [0, 0.1) is 0 Å². The number of phenolic OH excluding ortho intramolecular Hbond substituents is 1. The Hall–Kier alpha value is -2.79. The molecule has 1 unspecified atom stereocenters. The summed E-state index contributed by atoms with van der Waals surface area (Å²) in [6, 6.07) is 15.2. The van der Waals surface area contributed by atoms with Crippen molar-refractivity contribution in [2.75, 3.05) is 13.1 Å². The fraction of sp³-hybridized carbons (Fsp3) is 0.286. The maximum Gasteiger partial charge on any atom is 0.237 e. The third kappa shape index (κ3) is 3.18. The second kappa shape index (κ2) is 7.22. The van der Waals surface area contributed by atoms with Gasteiger partial charge >= 0.3 is 0 Å². The summed E-state index contributed by atoms with van der Waals surface area (Å²) in [7, 11) is 0. The average molecular weight is 349 g/mol. The first-order chi connectivity index (χ1) is 12.7. The van der Waals surface area contributed by atoms with Crippen LogP contribution in [-0.2, 0) is 11.2 Å². The van der Waals surface area contributed by atoms with E-state index in [1.54, 1.807) is 6.07 Å². The van der Waals surface area contributed by atoms with Crippen LogP contribution in [0.2, 0.25) is 0 Å². The fourth-order valence-electron chi connectivity index (χ4n) is 3.89. The fourth-order valence-corrected chi connectivity index (χ4v) is 3.89. The van der Waals surface area contributed by atoms with E-state index in [0.29, 0.717) is 6.54 Å². The summed E-state index contributed by atoms with van der Waals surface area (Å²) in [6.07, 6.45) is 3.64. The minimum Gasteiger partial charge on any atom is -0.508 e. The molecule has 0 spiro atoms. The highest BCUT2D eigenvalue weighted by Crippen LogP contribution is 2.33. The van der Waals surface area contributed by atoms with Gasteiger partial charge < -0.3 is 20.7 Å². The van der Waals surface area contributed by atoms with E-state index in [0.717, 1.165) is 30.5 Å². The summed E-state index contributed by atoms with van der Waals surface area (Å²) in [5, 5.41) is 17.8. The number of benzene rings is 2. The molecular weight excluding hydrogens is 326 g/mol. The Morgan fingerprint density at radius 2 is 1.88 bits per heavy atom. The number of nitrogens with one attached hydrogen (secondary N) is 3. The van der Waals surface area contributed by atoms with Crippen molar-refractivity contribution in [3.8, 4) is 5.75 Å². The number of aryl methyl sites for hydroxylation is 1. The molecule has 1 aromatic heterocycles. The first-order valence-corrected chi connectivity index (χ1v) is 9.08. The second-order valence-corrected chi connectivity index (χ2v) is 6.79. The monoisotopic (exact) mass is 349 g/mol. The van der Waals surface area contributed by atoms with Gasteiger partial charge in [0.25, 0.3) is 0 Å². The number of aromatic nitrogens is 1. The second-order valence-electron chi connectivity index (χ2n) is 6.79. The standard InChI is InChI=1S/C21H23N3O2/c25-19-8-4-2-6-16(19)17(20-21(26)23-12-11-22-20)10-9-14-13-24-18-7-3-1-5-15(14)18/h1-8,13,17,20,22,24-25H,9-12H2,(H,23,26)/t17?,20-/m1/s1. The van der Waals surface area contributed by atoms with E-state index < -0.39 is 0 Å². The number of hydrogen-bond donors (Lipinski definition) is 4. The van der Waals surface area contributed by atoms with Crippen molar-refractivity contribution in [3.05, 3.63) is 65.9 Å². The van der Waals surface area contributed by atoms with Gasteiger partial charge in [-0.2, -0.15) is 0 Å². The topological polar surface area (TPSA) is 77.2 Å². The van der Waals surface area contributed by atoms with Gasteiger partial charge in [0.05, 0.1) is 6.04 Å². The molecule has 1 saturated heterocycles. The number of rotatable bonds is 5. The van der Waals surface area contributed by atoms with Gasteiger partial charge in [0.15, 0.2) is 0 Å². The van der Waals surface area contributed by atoms with Crippen molar-refractivity contribution >= 4 is 16.8 Å². The van der Waals surface area contributed by atoms with Crippen LogP contribution in [0.25, 0.3) is 10.9 Å². The van der Waals surface area contributed by atoms with Crippen LogP contribution in [0.3, 0.4) is 0 Å². The molecule has 0 bridgehead atoms. The number of aromatic hydroxyl groups is 1. The number of carbonyl (C=O) groups is 1. The number of phenols is 1. The number of aromatic amines is 1.